The first kappa shape index (κ1) is 19.7. The summed E-state index contributed by atoms with van der Waals surface area (Å²) in [6.07, 6.45) is 6.43. The predicted octanol–water partition coefficient (Wildman–Crippen LogP) is 3.92. The highest BCUT2D eigenvalue weighted by atomic mass is 32.1. The minimum absolute atomic E-state index is 0.0631. The Balaban J connectivity index is 1.42. The first-order chi connectivity index (χ1) is 14.2. The summed E-state index contributed by atoms with van der Waals surface area (Å²) in [6.45, 7) is 2.19. The molecule has 5 nitrogen and oxygen atoms in total. The van der Waals surface area contributed by atoms with E-state index in [1.807, 2.05) is 51.6 Å². The number of fused-ring (bicyclic) bond motifs is 1. The molecule has 2 amide bonds. The zero-order chi connectivity index (χ0) is 20.2. The number of thiophene rings is 1. The normalized spacial score (nSPS) is 21.8. The molecular formula is C23H26N2O3S. The van der Waals surface area contributed by atoms with Crippen molar-refractivity contribution in [2.75, 3.05) is 26.7 Å². The molecule has 0 saturated carbocycles. The van der Waals surface area contributed by atoms with Crippen molar-refractivity contribution >= 4 is 29.2 Å². The maximum absolute atomic E-state index is 13.2. The molecule has 0 N–H and O–H groups in total. The Morgan fingerprint density at radius 1 is 1.17 bits per heavy atom. The highest BCUT2D eigenvalue weighted by Gasteiger charge is 2.39. The second kappa shape index (κ2) is 8.82. The number of rotatable bonds is 4. The van der Waals surface area contributed by atoms with Crippen molar-refractivity contribution in [3.63, 3.8) is 0 Å². The third kappa shape index (κ3) is 4.37. The predicted molar refractivity (Wildman–Crippen MR) is 115 cm³/mol. The zero-order valence-electron chi connectivity index (χ0n) is 16.6. The van der Waals surface area contributed by atoms with Gasteiger partial charge < -0.3 is 14.5 Å². The van der Waals surface area contributed by atoms with E-state index in [0.29, 0.717) is 23.8 Å². The average Bonchev–Trinajstić information content (AvgIpc) is 3.30. The van der Waals surface area contributed by atoms with E-state index in [2.05, 4.69) is 0 Å². The van der Waals surface area contributed by atoms with E-state index in [4.69, 9.17) is 4.74 Å². The van der Waals surface area contributed by atoms with Crippen molar-refractivity contribution in [2.45, 2.75) is 25.3 Å². The van der Waals surface area contributed by atoms with Crippen LogP contribution < -0.4 is 4.74 Å². The van der Waals surface area contributed by atoms with E-state index in [1.54, 1.807) is 30.6 Å². The van der Waals surface area contributed by atoms with Gasteiger partial charge >= 0.3 is 0 Å². The van der Waals surface area contributed by atoms with Crippen LogP contribution in [-0.2, 0) is 4.79 Å². The summed E-state index contributed by atoms with van der Waals surface area (Å²) in [5.41, 5.74) is 0.669. The summed E-state index contributed by atoms with van der Waals surface area (Å²) in [7, 11) is 1.61. The molecule has 2 saturated heterocycles. The monoisotopic (exact) mass is 410 g/mol. The van der Waals surface area contributed by atoms with Gasteiger partial charge in [-0.15, -0.1) is 11.3 Å². The Hall–Kier alpha value is -2.60. The van der Waals surface area contributed by atoms with Gasteiger partial charge in [0.2, 0.25) is 5.91 Å². The fourth-order valence-corrected chi connectivity index (χ4v) is 5.04. The average molecular weight is 411 g/mol. The van der Waals surface area contributed by atoms with Gasteiger partial charge in [-0.05, 0) is 60.9 Å². The highest BCUT2D eigenvalue weighted by molar-refractivity contribution is 7.10. The number of piperidine rings is 2. The van der Waals surface area contributed by atoms with Crippen molar-refractivity contribution in [3.8, 4) is 5.75 Å². The van der Waals surface area contributed by atoms with Crippen LogP contribution in [0.1, 0.15) is 34.5 Å². The molecule has 4 rings (SSSR count). The van der Waals surface area contributed by atoms with Crippen LogP contribution in [0, 0.1) is 5.92 Å². The van der Waals surface area contributed by atoms with Gasteiger partial charge in [0.1, 0.15) is 5.75 Å². The zero-order valence-corrected chi connectivity index (χ0v) is 17.4. The largest absolute Gasteiger partial charge is 0.497 e. The fourth-order valence-electron chi connectivity index (χ4n) is 4.42. The molecule has 2 atom stereocenters. The summed E-state index contributed by atoms with van der Waals surface area (Å²) in [4.78, 5) is 30.8. The van der Waals surface area contributed by atoms with Crippen LogP contribution in [-0.4, -0.2) is 54.4 Å². The molecule has 0 aliphatic carbocycles. The summed E-state index contributed by atoms with van der Waals surface area (Å²) < 4.78 is 5.27. The van der Waals surface area contributed by atoms with Gasteiger partial charge in [0.05, 0.1) is 7.11 Å². The smallest absolute Gasteiger partial charge is 0.254 e. The molecule has 0 unspecified atom stereocenters. The molecule has 0 spiro atoms. The van der Waals surface area contributed by atoms with E-state index in [-0.39, 0.29) is 17.9 Å². The molecule has 2 aliphatic rings. The van der Waals surface area contributed by atoms with E-state index < -0.39 is 0 Å². The second-order valence-corrected chi connectivity index (χ2v) is 8.60. The Morgan fingerprint density at radius 3 is 2.86 bits per heavy atom. The van der Waals surface area contributed by atoms with Gasteiger partial charge in [-0.2, -0.15) is 0 Å². The van der Waals surface area contributed by atoms with Gasteiger partial charge in [-0.1, -0.05) is 12.1 Å². The number of ether oxygens (including phenoxy) is 1. The summed E-state index contributed by atoms with van der Waals surface area (Å²) in [5.74, 6) is 1.16. The van der Waals surface area contributed by atoms with E-state index in [0.717, 1.165) is 37.2 Å². The molecule has 1 aromatic heterocycles. The number of amides is 2. The van der Waals surface area contributed by atoms with Crippen molar-refractivity contribution < 1.29 is 14.3 Å². The third-order valence-electron chi connectivity index (χ3n) is 5.89. The van der Waals surface area contributed by atoms with Gasteiger partial charge in [0, 0.05) is 42.2 Å². The molecule has 2 aliphatic heterocycles. The molecule has 152 valence electrons. The van der Waals surface area contributed by atoms with Crippen LogP contribution >= 0.6 is 11.3 Å². The minimum atomic E-state index is 0.0631. The lowest BCUT2D eigenvalue weighted by Crippen LogP contribution is -2.56. The van der Waals surface area contributed by atoms with E-state index in [9.17, 15) is 9.59 Å². The number of benzene rings is 1. The topological polar surface area (TPSA) is 49.9 Å². The number of nitrogens with zero attached hydrogens (tertiary/aromatic N) is 2. The molecule has 6 heteroatoms. The van der Waals surface area contributed by atoms with Crippen molar-refractivity contribution in [1.29, 1.82) is 0 Å². The van der Waals surface area contributed by atoms with Crippen LogP contribution in [0.5, 0.6) is 5.75 Å². The molecule has 2 fully saturated rings. The van der Waals surface area contributed by atoms with Crippen LogP contribution in [0.2, 0.25) is 0 Å². The van der Waals surface area contributed by atoms with Crippen LogP contribution in [0.15, 0.2) is 47.9 Å². The summed E-state index contributed by atoms with van der Waals surface area (Å²) >= 11 is 1.62. The standard InChI is InChI=1S/C23H26N2O3S/c1-28-19-7-2-5-17(15-19)23(27)25-12-3-6-18-16-24(13-11-21(18)25)22(26)10-9-20-8-4-14-29-20/h2,4-5,7-10,14-15,18,21H,3,6,11-13,16H2,1H3/b10-9+/t18-,21-/m1/s1. The van der Waals surface area contributed by atoms with Crippen molar-refractivity contribution in [2.24, 2.45) is 5.92 Å². The number of carbonyl (C=O) groups is 2. The SMILES string of the molecule is COc1cccc(C(=O)N2CCC[C@@H]3CN(C(=O)/C=C/c4cccs4)CC[C@H]32)c1. The quantitative estimate of drug-likeness (QED) is 0.718. The van der Waals surface area contributed by atoms with Crippen molar-refractivity contribution in [3.05, 3.63) is 58.3 Å². The molecule has 3 heterocycles. The lowest BCUT2D eigenvalue weighted by molar-refractivity contribution is -0.129. The van der Waals surface area contributed by atoms with Crippen LogP contribution in [0.4, 0.5) is 0 Å². The van der Waals surface area contributed by atoms with E-state index in [1.165, 1.54) is 0 Å². The van der Waals surface area contributed by atoms with E-state index >= 15 is 0 Å². The Kier molecular flexibility index (Phi) is 6.00. The summed E-state index contributed by atoms with van der Waals surface area (Å²) in [6, 6.07) is 11.5. The van der Waals surface area contributed by atoms with Gasteiger partial charge in [0.15, 0.2) is 0 Å². The molecule has 2 aromatic rings. The molecule has 29 heavy (non-hydrogen) atoms. The molecule has 0 radical (unpaired) electrons. The minimum Gasteiger partial charge on any atom is -0.497 e. The lowest BCUT2D eigenvalue weighted by Gasteiger charge is -2.47. The number of methoxy groups -OCH3 is 1. The Bertz CT molecular complexity index is 893. The fraction of sp³-hybridized carbons (Fsp3) is 0.391. The maximum atomic E-state index is 13.2. The molecule has 0 bridgehead atoms. The van der Waals surface area contributed by atoms with Gasteiger partial charge in [-0.25, -0.2) is 0 Å². The van der Waals surface area contributed by atoms with Gasteiger partial charge in [0.25, 0.3) is 5.91 Å². The third-order valence-corrected chi connectivity index (χ3v) is 6.73. The second-order valence-electron chi connectivity index (χ2n) is 7.62. The number of hydrogen-bond donors (Lipinski definition) is 0. The first-order valence-corrected chi connectivity index (χ1v) is 11.0. The number of likely N-dealkylation sites (tertiary alicyclic amines) is 2. The highest BCUT2D eigenvalue weighted by Crippen LogP contribution is 2.32. The maximum Gasteiger partial charge on any atom is 0.254 e. The summed E-state index contributed by atoms with van der Waals surface area (Å²) in [5, 5.41) is 2.01. The van der Waals surface area contributed by atoms with Crippen molar-refractivity contribution in [1.82, 2.24) is 9.80 Å². The number of carbonyl (C=O) groups excluding carboxylic acids is 2. The Morgan fingerprint density at radius 2 is 2.07 bits per heavy atom. The van der Waals surface area contributed by atoms with Crippen LogP contribution in [0.3, 0.4) is 0 Å². The Labute approximate surface area is 175 Å². The number of hydrogen-bond acceptors (Lipinski definition) is 4. The molecular weight excluding hydrogens is 384 g/mol. The van der Waals surface area contributed by atoms with Crippen LogP contribution in [0.25, 0.3) is 6.08 Å². The lowest BCUT2D eigenvalue weighted by atomic mass is 9.83. The molecule has 1 aromatic carbocycles. The van der Waals surface area contributed by atoms with Gasteiger partial charge in [-0.3, -0.25) is 9.59 Å². The first-order valence-electron chi connectivity index (χ1n) is 10.1.